The minimum atomic E-state index is -3.34. The Hall–Kier alpha value is -0.430. The Morgan fingerprint density at radius 1 is 1.56 bits per heavy atom. The average molecular weight is 262 g/mol. The van der Waals surface area contributed by atoms with Crippen LogP contribution in [0.4, 0.5) is 0 Å². The van der Waals surface area contributed by atoms with Crippen LogP contribution >= 0.6 is 11.3 Å². The smallest absolute Gasteiger partial charge is 0.252 e. The summed E-state index contributed by atoms with van der Waals surface area (Å²) in [5, 5.41) is 1.79. The molecule has 0 aromatic carbocycles. The molecule has 0 saturated carbocycles. The van der Waals surface area contributed by atoms with E-state index in [4.69, 9.17) is 5.73 Å². The molecule has 2 N–H and O–H groups in total. The number of aryl methyl sites for hydroxylation is 1. The minimum Gasteiger partial charge on any atom is -0.330 e. The van der Waals surface area contributed by atoms with E-state index in [0.717, 1.165) is 5.56 Å². The Morgan fingerprint density at radius 2 is 2.19 bits per heavy atom. The first kappa shape index (κ1) is 13.6. The van der Waals surface area contributed by atoms with Gasteiger partial charge in [-0.15, -0.1) is 11.3 Å². The molecule has 1 rings (SSSR count). The summed E-state index contributed by atoms with van der Waals surface area (Å²) in [4.78, 5) is 0. The molecule has 1 heterocycles. The number of rotatable bonds is 5. The molecular formula is C10H18N2O2S2. The molecule has 1 atom stereocenters. The van der Waals surface area contributed by atoms with Gasteiger partial charge in [-0.2, -0.15) is 4.31 Å². The first-order valence-corrected chi connectivity index (χ1v) is 7.42. The van der Waals surface area contributed by atoms with Gasteiger partial charge < -0.3 is 5.73 Å². The third-order valence-corrected chi connectivity index (χ3v) is 5.92. The van der Waals surface area contributed by atoms with Crippen molar-refractivity contribution in [2.75, 3.05) is 20.1 Å². The van der Waals surface area contributed by atoms with Crippen molar-refractivity contribution in [2.24, 2.45) is 11.7 Å². The highest BCUT2D eigenvalue weighted by Crippen LogP contribution is 2.24. The van der Waals surface area contributed by atoms with Crippen LogP contribution in [0.5, 0.6) is 0 Å². The minimum absolute atomic E-state index is 0.167. The Labute approximate surface area is 101 Å². The van der Waals surface area contributed by atoms with Crippen molar-refractivity contribution in [1.29, 1.82) is 0 Å². The molecule has 0 saturated heterocycles. The Balaban J connectivity index is 2.91. The summed E-state index contributed by atoms with van der Waals surface area (Å²) in [7, 11) is -1.74. The summed E-state index contributed by atoms with van der Waals surface area (Å²) in [5.41, 5.74) is 6.30. The number of thiophene rings is 1. The summed E-state index contributed by atoms with van der Waals surface area (Å²) < 4.78 is 26.1. The van der Waals surface area contributed by atoms with E-state index in [1.807, 2.05) is 19.9 Å². The number of hydrogen-bond donors (Lipinski definition) is 1. The number of hydrogen-bond acceptors (Lipinski definition) is 4. The summed E-state index contributed by atoms with van der Waals surface area (Å²) in [6.45, 7) is 4.69. The molecule has 0 radical (unpaired) electrons. The average Bonchev–Trinajstić information content (AvgIpc) is 2.64. The molecule has 0 aliphatic carbocycles. The highest BCUT2D eigenvalue weighted by atomic mass is 32.2. The molecule has 0 aliphatic rings. The highest BCUT2D eigenvalue weighted by molar-refractivity contribution is 7.91. The van der Waals surface area contributed by atoms with E-state index >= 15 is 0 Å². The first-order valence-electron chi connectivity index (χ1n) is 5.10. The lowest BCUT2D eigenvalue weighted by atomic mass is 10.2. The molecule has 92 valence electrons. The zero-order valence-electron chi connectivity index (χ0n) is 9.80. The van der Waals surface area contributed by atoms with Crippen LogP contribution in [0.25, 0.3) is 0 Å². The SMILES string of the molecule is Cc1ccsc1S(=O)(=O)N(C)CC(C)CN. The maximum Gasteiger partial charge on any atom is 0.252 e. The van der Waals surface area contributed by atoms with Gasteiger partial charge in [0.2, 0.25) is 0 Å². The molecule has 0 fully saturated rings. The van der Waals surface area contributed by atoms with Gasteiger partial charge in [-0.25, -0.2) is 8.42 Å². The molecule has 1 aromatic heterocycles. The van der Waals surface area contributed by atoms with Crippen LogP contribution in [0.3, 0.4) is 0 Å². The van der Waals surface area contributed by atoms with Crippen molar-refractivity contribution in [3.63, 3.8) is 0 Å². The Morgan fingerprint density at radius 3 is 2.62 bits per heavy atom. The van der Waals surface area contributed by atoms with Crippen LogP contribution in [-0.2, 0) is 10.0 Å². The summed E-state index contributed by atoms with van der Waals surface area (Å²) >= 11 is 1.26. The van der Waals surface area contributed by atoms with Gasteiger partial charge in [0.25, 0.3) is 10.0 Å². The van der Waals surface area contributed by atoms with Gasteiger partial charge >= 0.3 is 0 Å². The van der Waals surface area contributed by atoms with Gasteiger partial charge in [0.15, 0.2) is 0 Å². The second kappa shape index (κ2) is 5.27. The Kier molecular flexibility index (Phi) is 4.49. The van der Waals surface area contributed by atoms with Gasteiger partial charge in [0.1, 0.15) is 4.21 Å². The molecule has 6 heteroatoms. The van der Waals surface area contributed by atoms with E-state index in [-0.39, 0.29) is 5.92 Å². The summed E-state index contributed by atoms with van der Waals surface area (Å²) in [5.74, 6) is 0.167. The number of nitrogens with two attached hydrogens (primary N) is 1. The topological polar surface area (TPSA) is 63.4 Å². The van der Waals surface area contributed by atoms with E-state index in [1.165, 1.54) is 15.6 Å². The highest BCUT2D eigenvalue weighted by Gasteiger charge is 2.24. The third kappa shape index (κ3) is 2.82. The molecule has 0 aliphatic heterocycles. The fourth-order valence-corrected chi connectivity index (χ4v) is 4.27. The van der Waals surface area contributed by atoms with Gasteiger partial charge in [-0.1, -0.05) is 6.92 Å². The van der Waals surface area contributed by atoms with E-state index in [9.17, 15) is 8.42 Å². The van der Waals surface area contributed by atoms with Crippen molar-refractivity contribution < 1.29 is 8.42 Å². The van der Waals surface area contributed by atoms with Crippen molar-refractivity contribution >= 4 is 21.4 Å². The van der Waals surface area contributed by atoms with Crippen molar-refractivity contribution in [1.82, 2.24) is 4.31 Å². The number of nitrogens with zero attached hydrogens (tertiary/aromatic N) is 1. The lowest BCUT2D eigenvalue weighted by molar-refractivity contribution is 0.406. The standard InChI is InChI=1S/C10H18N2O2S2/c1-8(6-11)7-12(3)16(13,14)10-9(2)4-5-15-10/h4-5,8H,6-7,11H2,1-3H3. The van der Waals surface area contributed by atoms with E-state index in [0.29, 0.717) is 17.3 Å². The number of sulfonamides is 1. The fraction of sp³-hybridized carbons (Fsp3) is 0.600. The third-order valence-electron chi connectivity index (χ3n) is 2.43. The summed E-state index contributed by atoms with van der Waals surface area (Å²) in [6.07, 6.45) is 0. The van der Waals surface area contributed by atoms with Crippen molar-refractivity contribution in [2.45, 2.75) is 18.1 Å². The molecular weight excluding hydrogens is 244 g/mol. The van der Waals surface area contributed by atoms with E-state index < -0.39 is 10.0 Å². The fourth-order valence-electron chi connectivity index (χ4n) is 1.38. The predicted molar refractivity (Wildman–Crippen MR) is 67.1 cm³/mol. The van der Waals surface area contributed by atoms with E-state index in [1.54, 1.807) is 12.4 Å². The zero-order chi connectivity index (χ0) is 12.3. The monoisotopic (exact) mass is 262 g/mol. The largest absolute Gasteiger partial charge is 0.330 e. The van der Waals surface area contributed by atoms with Gasteiger partial charge in [-0.05, 0) is 36.4 Å². The van der Waals surface area contributed by atoms with Crippen LogP contribution in [0.2, 0.25) is 0 Å². The molecule has 16 heavy (non-hydrogen) atoms. The maximum absolute atomic E-state index is 12.2. The molecule has 0 spiro atoms. The Bertz CT molecular complexity index is 439. The van der Waals surface area contributed by atoms with E-state index in [2.05, 4.69) is 0 Å². The molecule has 1 unspecified atom stereocenters. The van der Waals surface area contributed by atoms with Gasteiger partial charge in [-0.3, -0.25) is 0 Å². The quantitative estimate of drug-likeness (QED) is 0.869. The van der Waals surface area contributed by atoms with Crippen molar-refractivity contribution in [3.8, 4) is 0 Å². The molecule has 4 nitrogen and oxygen atoms in total. The lowest BCUT2D eigenvalue weighted by Crippen LogP contribution is -2.33. The first-order chi connectivity index (χ1) is 7.39. The molecule has 0 amide bonds. The van der Waals surface area contributed by atoms with Crippen LogP contribution in [0.1, 0.15) is 12.5 Å². The second-order valence-corrected chi connectivity index (χ2v) is 7.17. The molecule has 0 bridgehead atoms. The maximum atomic E-state index is 12.2. The second-order valence-electron chi connectivity index (χ2n) is 4.02. The lowest BCUT2D eigenvalue weighted by Gasteiger charge is -2.19. The van der Waals surface area contributed by atoms with Gasteiger partial charge in [0.05, 0.1) is 0 Å². The normalized spacial score (nSPS) is 14.3. The molecule has 1 aromatic rings. The predicted octanol–water partition coefficient (Wildman–Crippen LogP) is 1.27. The van der Waals surface area contributed by atoms with Crippen LogP contribution < -0.4 is 5.73 Å². The van der Waals surface area contributed by atoms with Crippen LogP contribution in [0, 0.1) is 12.8 Å². The van der Waals surface area contributed by atoms with Gasteiger partial charge in [0, 0.05) is 13.6 Å². The zero-order valence-corrected chi connectivity index (χ0v) is 11.4. The van der Waals surface area contributed by atoms with Crippen LogP contribution in [-0.4, -0.2) is 32.9 Å². The summed E-state index contributed by atoms with van der Waals surface area (Å²) in [6, 6.07) is 1.82. The van der Waals surface area contributed by atoms with Crippen LogP contribution in [0.15, 0.2) is 15.7 Å². The van der Waals surface area contributed by atoms with Crippen molar-refractivity contribution in [3.05, 3.63) is 17.0 Å².